The number of benzene rings is 1. The van der Waals surface area contributed by atoms with E-state index in [1.54, 1.807) is 12.1 Å². The Morgan fingerprint density at radius 1 is 1.42 bits per heavy atom. The quantitative estimate of drug-likeness (QED) is 0.822. The van der Waals surface area contributed by atoms with E-state index in [4.69, 9.17) is 5.11 Å². The molecule has 0 spiro atoms. The van der Waals surface area contributed by atoms with Crippen LogP contribution in [0.1, 0.15) is 18.4 Å². The van der Waals surface area contributed by atoms with Gasteiger partial charge in [0.05, 0.1) is 0 Å². The van der Waals surface area contributed by atoms with Gasteiger partial charge < -0.3 is 5.11 Å². The van der Waals surface area contributed by atoms with Gasteiger partial charge in [0, 0.05) is 4.47 Å². The van der Waals surface area contributed by atoms with E-state index in [2.05, 4.69) is 15.9 Å². The van der Waals surface area contributed by atoms with E-state index in [1.807, 2.05) is 6.07 Å². The minimum atomic E-state index is 0.335. The van der Waals surface area contributed by atoms with Crippen LogP contribution in [-0.2, 0) is 6.42 Å². The molecule has 2 rings (SSSR count). The molecule has 1 N–H and O–H groups in total. The summed E-state index contributed by atoms with van der Waals surface area (Å²) in [4.78, 5) is 0. The van der Waals surface area contributed by atoms with Crippen molar-refractivity contribution in [3.63, 3.8) is 0 Å². The van der Waals surface area contributed by atoms with Crippen LogP contribution in [0.4, 0.5) is 0 Å². The van der Waals surface area contributed by atoms with Crippen LogP contribution in [0.25, 0.3) is 0 Å². The molecule has 1 aliphatic rings. The Bertz CT molecular complexity index is 292. The van der Waals surface area contributed by atoms with Crippen LogP contribution in [0.2, 0.25) is 0 Å². The van der Waals surface area contributed by atoms with Crippen molar-refractivity contribution in [3.8, 4) is 5.75 Å². The van der Waals surface area contributed by atoms with E-state index in [0.717, 1.165) is 16.8 Å². The molecule has 0 saturated heterocycles. The summed E-state index contributed by atoms with van der Waals surface area (Å²) in [5, 5.41) is 9.16. The minimum Gasteiger partial charge on any atom is -0.508 e. The van der Waals surface area contributed by atoms with Crippen LogP contribution >= 0.6 is 15.9 Å². The number of hydrogen-bond acceptors (Lipinski definition) is 1. The second-order valence-electron chi connectivity index (χ2n) is 3.42. The van der Waals surface area contributed by atoms with E-state index in [0.29, 0.717) is 5.75 Å². The second kappa shape index (κ2) is 3.09. The van der Waals surface area contributed by atoms with Crippen molar-refractivity contribution < 1.29 is 5.11 Å². The first-order valence-corrected chi connectivity index (χ1v) is 5.02. The molecule has 0 radical (unpaired) electrons. The summed E-state index contributed by atoms with van der Waals surface area (Å²) in [5.74, 6) is 1.23. The topological polar surface area (TPSA) is 20.2 Å². The molecule has 1 aromatic carbocycles. The molecule has 0 bridgehead atoms. The zero-order valence-electron chi connectivity index (χ0n) is 6.76. The van der Waals surface area contributed by atoms with E-state index in [1.165, 1.54) is 18.4 Å². The van der Waals surface area contributed by atoms with Crippen molar-refractivity contribution in [2.24, 2.45) is 5.92 Å². The SMILES string of the molecule is Oc1ccc(CC2CC2)c(Br)c1. The van der Waals surface area contributed by atoms with Crippen molar-refractivity contribution in [2.75, 3.05) is 0 Å². The summed E-state index contributed by atoms with van der Waals surface area (Å²) in [6.45, 7) is 0. The predicted molar refractivity (Wildman–Crippen MR) is 52.2 cm³/mol. The van der Waals surface area contributed by atoms with Gasteiger partial charge in [0.25, 0.3) is 0 Å². The summed E-state index contributed by atoms with van der Waals surface area (Å²) < 4.78 is 1.04. The lowest BCUT2D eigenvalue weighted by Crippen LogP contribution is -1.87. The highest BCUT2D eigenvalue weighted by Gasteiger charge is 2.22. The Morgan fingerprint density at radius 2 is 2.17 bits per heavy atom. The molecule has 12 heavy (non-hydrogen) atoms. The molecule has 0 aromatic heterocycles. The van der Waals surface area contributed by atoms with Crippen LogP contribution in [-0.4, -0.2) is 5.11 Å². The number of rotatable bonds is 2. The molecule has 0 unspecified atom stereocenters. The van der Waals surface area contributed by atoms with Gasteiger partial charge in [-0.2, -0.15) is 0 Å². The Kier molecular flexibility index (Phi) is 2.09. The predicted octanol–water partition coefficient (Wildman–Crippen LogP) is 3.11. The molecule has 1 aromatic rings. The Balaban J connectivity index is 2.18. The summed E-state index contributed by atoms with van der Waals surface area (Å²) >= 11 is 3.44. The van der Waals surface area contributed by atoms with Crippen molar-refractivity contribution >= 4 is 15.9 Å². The second-order valence-corrected chi connectivity index (χ2v) is 4.28. The summed E-state index contributed by atoms with van der Waals surface area (Å²) in [5.41, 5.74) is 1.32. The maximum Gasteiger partial charge on any atom is 0.116 e. The highest BCUT2D eigenvalue weighted by molar-refractivity contribution is 9.10. The average Bonchev–Trinajstić information content (AvgIpc) is 2.79. The molecule has 0 heterocycles. The molecule has 64 valence electrons. The summed E-state index contributed by atoms with van der Waals surface area (Å²) in [6.07, 6.45) is 3.89. The summed E-state index contributed by atoms with van der Waals surface area (Å²) in [7, 11) is 0. The van der Waals surface area contributed by atoms with Crippen LogP contribution in [0, 0.1) is 5.92 Å². The van der Waals surface area contributed by atoms with Gasteiger partial charge in [-0.15, -0.1) is 0 Å². The van der Waals surface area contributed by atoms with Gasteiger partial charge in [0.1, 0.15) is 5.75 Å². The summed E-state index contributed by atoms with van der Waals surface area (Å²) in [6, 6.07) is 5.51. The molecule has 1 saturated carbocycles. The third-order valence-electron chi connectivity index (χ3n) is 2.24. The monoisotopic (exact) mass is 226 g/mol. The number of hydrogen-bond donors (Lipinski definition) is 1. The normalized spacial score (nSPS) is 16.4. The Morgan fingerprint density at radius 3 is 2.75 bits per heavy atom. The molecular weight excluding hydrogens is 216 g/mol. The first-order valence-electron chi connectivity index (χ1n) is 4.23. The van der Waals surface area contributed by atoms with Gasteiger partial charge in [-0.25, -0.2) is 0 Å². The lowest BCUT2D eigenvalue weighted by Gasteiger charge is -2.02. The van der Waals surface area contributed by atoms with E-state index < -0.39 is 0 Å². The molecule has 1 aliphatic carbocycles. The van der Waals surface area contributed by atoms with Gasteiger partial charge in [0.15, 0.2) is 0 Å². The molecule has 0 amide bonds. The first kappa shape index (κ1) is 8.11. The van der Waals surface area contributed by atoms with Crippen molar-refractivity contribution in [1.29, 1.82) is 0 Å². The maximum atomic E-state index is 9.16. The lowest BCUT2D eigenvalue weighted by molar-refractivity contribution is 0.474. The fourth-order valence-electron chi connectivity index (χ4n) is 1.33. The Labute approximate surface area is 80.5 Å². The zero-order valence-corrected chi connectivity index (χ0v) is 8.34. The Hall–Kier alpha value is -0.500. The van der Waals surface area contributed by atoms with Gasteiger partial charge in [-0.3, -0.25) is 0 Å². The van der Waals surface area contributed by atoms with Crippen LogP contribution < -0.4 is 0 Å². The van der Waals surface area contributed by atoms with E-state index in [9.17, 15) is 0 Å². The minimum absolute atomic E-state index is 0.335. The number of phenolic OH excluding ortho intramolecular Hbond substituents is 1. The number of halogens is 1. The van der Waals surface area contributed by atoms with E-state index >= 15 is 0 Å². The van der Waals surface area contributed by atoms with Crippen molar-refractivity contribution in [3.05, 3.63) is 28.2 Å². The van der Waals surface area contributed by atoms with E-state index in [-0.39, 0.29) is 0 Å². The van der Waals surface area contributed by atoms with Gasteiger partial charge in [-0.1, -0.05) is 22.0 Å². The van der Waals surface area contributed by atoms with Gasteiger partial charge >= 0.3 is 0 Å². The van der Waals surface area contributed by atoms with Crippen LogP contribution in [0.15, 0.2) is 22.7 Å². The molecule has 0 atom stereocenters. The third-order valence-corrected chi connectivity index (χ3v) is 2.98. The van der Waals surface area contributed by atoms with Crippen LogP contribution in [0.3, 0.4) is 0 Å². The fraction of sp³-hybridized carbons (Fsp3) is 0.400. The molecular formula is C10H11BrO. The number of phenols is 1. The highest BCUT2D eigenvalue weighted by Crippen LogP contribution is 2.35. The molecule has 0 aliphatic heterocycles. The third kappa shape index (κ3) is 1.81. The zero-order chi connectivity index (χ0) is 8.55. The first-order chi connectivity index (χ1) is 5.75. The van der Waals surface area contributed by atoms with Crippen molar-refractivity contribution in [2.45, 2.75) is 19.3 Å². The largest absolute Gasteiger partial charge is 0.508 e. The maximum absolute atomic E-state index is 9.16. The highest BCUT2D eigenvalue weighted by atomic mass is 79.9. The molecule has 1 fully saturated rings. The average molecular weight is 227 g/mol. The van der Waals surface area contributed by atoms with Gasteiger partial charge in [-0.05, 0) is 42.9 Å². The molecule has 2 heteroatoms. The van der Waals surface area contributed by atoms with Crippen LogP contribution in [0.5, 0.6) is 5.75 Å². The van der Waals surface area contributed by atoms with Gasteiger partial charge in [0.2, 0.25) is 0 Å². The number of aromatic hydroxyl groups is 1. The fourth-order valence-corrected chi connectivity index (χ4v) is 1.86. The standard InChI is InChI=1S/C10H11BrO/c11-10-6-9(12)4-3-8(10)5-7-1-2-7/h3-4,6-7,12H,1-2,5H2. The smallest absolute Gasteiger partial charge is 0.116 e. The molecule has 1 nitrogen and oxygen atoms in total. The van der Waals surface area contributed by atoms with Crippen molar-refractivity contribution in [1.82, 2.24) is 0 Å². The lowest BCUT2D eigenvalue weighted by atomic mass is 10.1.